The molecule has 0 amide bonds. The van der Waals surface area contributed by atoms with E-state index in [1.807, 2.05) is 20.8 Å². The van der Waals surface area contributed by atoms with Crippen molar-refractivity contribution >= 4 is 8.80 Å². The number of likely N-dealkylation sites (tertiary alicyclic amines) is 1. The molecule has 1 heterocycles. The summed E-state index contributed by atoms with van der Waals surface area (Å²) in [5, 5.41) is 0. The van der Waals surface area contributed by atoms with Gasteiger partial charge in [0.05, 0.1) is 0 Å². The van der Waals surface area contributed by atoms with Crippen molar-refractivity contribution in [3.63, 3.8) is 0 Å². The van der Waals surface area contributed by atoms with Gasteiger partial charge < -0.3 is 18.2 Å². The molecule has 0 aliphatic carbocycles. The summed E-state index contributed by atoms with van der Waals surface area (Å²) in [7, 11) is -2.42. The Bertz CT molecular complexity index is 193. The first-order valence-corrected chi connectivity index (χ1v) is 9.33. The fourth-order valence-corrected chi connectivity index (χ4v) is 5.07. The van der Waals surface area contributed by atoms with E-state index in [-0.39, 0.29) is 0 Å². The lowest BCUT2D eigenvalue weighted by molar-refractivity contribution is 0.0673. The molecule has 1 fully saturated rings. The molecule has 0 unspecified atom stereocenters. The van der Waals surface area contributed by atoms with Gasteiger partial charge in [-0.3, -0.25) is 0 Å². The number of nitrogens with zero attached hydrogens (tertiary/aromatic N) is 1. The van der Waals surface area contributed by atoms with Gasteiger partial charge in [0.25, 0.3) is 0 Å². The lowest BCUT2D eigenvalue weighted by Crippen LogP contribution is -2.48. The Labute approximate surface area is 113 Å². The van der Waals surface area contributed by atoms with Gasteiger partial charge in [-0.05, 0) is 46.7 Å². The SMILES string of the molecule is CCO[Si](CCN1CCCCC1)(OCC)OCC. The van der Waals surface area contributed by atoms with E-state index in [1.165, 1.54) is 32.4 Å². The van der Waals surface area contributed by atoms with Crippen molar-refractivity contribution in [1.29, 1.82) is 0 Å². The van der Waals surface area contributed by atoms with Crippen LogP contribution in [0.4, 0.5) is 0 Å². The fraction of sp³-hybridized carbons (Fsp3) is 1.00. The molecule has 1 aliphatic heterocycles. The second-order valence-corrected chi connectivity index (χ2v) is 7.37. The summed E-state index contributed by atoms with van der Waals surface area (Å²) in [5.74, 6) is 0. The Morgan fingerprint density at radius 2 is 1.33 bits per heavy atom. The minimum Gasteiger partial charge on any atom is -0.374 e. The normalized spacial score (nSPS) is 18.2. The Balaban J connectivity index is 2.46. The molecule has 108 valence electrons. The van der Waals surface area contributed by atoms with Gasteiger partial charge in [0.2, 0.25) is 0 Å². The number of hydrogen-bond donors (Lipinski definition) is 0. The highest BCUT2D eigenvalue weighted by atomic mass is 28.4. The predicted octanol–water partition coefficient (Wildman–Crippen LogP) is 2.52. The monoisotopic (exact) mass is 275 g/mol. The number of piperidine rings is 1. The molecule has 0 aromatic rings. The zero-order valence-corrected chi connectivity index (χ0v) is 13.2. The molecule has 18 heavy (non-hydrogen) atoms. The molecule has 0 saturated carbocycles. The quantitative estimate of drug-likeness (QED) is 0.605. The smallest absolute Gasteiger partial charge is 0.374 e. The van der Waals surface area contributed by atoms with Gasteiger partial charge in [0.1, 0.15) is 0 Å². The third-order valence-corrected chi connectivity index (χ3v) is 6.30. The van der Waals surface area contributed by atoms with Crippen molar-refractivity contribution in [2.24, 2.45) is 0 Å². The van der Waals surface area contributed by atoms with Gasteiger partial charge in [-0.25, -0.2) is 0 Å². The molecule has 0 atom stereocenters. The van der Waals surface area contributed by atoms with Gasteiger partial charge in [-0.1, -0.05) is 6.42 Å². The van der Waals surface area contributed by atoms with E-state index in [0.717, 1.165) is 12.6 Å². The van der Waals surface area contributed by atoms with Crippen LogP contribution in [-0.2, 0) is 13.3 Å². The molecular weight excluding hydrogens is 246 g/mol. The van der Waals surface area contributed by atoms with Crippen molar-refractivity contribution < 1.29 is 13.3 Å². The van der Waals surface area contributed by atoms with Crippen molar-refractivity contribution in [3.8, 4) is 0 Å². The second kappa shape index (κ2) is 9.04. The van der Waals surface area contributed by atoms with E-state index in [1.54, 1.807) is 0 Å². The molecule has 0 spiro atoms. The molecule has 0 bridgehead atoms. The van der Waals surface area contributed by atoms with Gasteiger partial charge >= 0.3 is 8.80 Å². The highest BCUT2D eigenvalue weighted by Crippen LogP contribution is 2.18. The Hall–Kier alpha value is 0.0569. The van der Waals surface area contributed by atoms with E-state index in [9.17, 15) is 0 Å². The largest absolute Gasteiger partial charge is 0.502 e. The number of hydrogen-bond acceptors (Lipinski definition) is 4. The molecule has 4 nitrogen and oxygen atoms in total. The summed E-state index contributed by atoms with van der Waals surface area (Å²) in [6.45, 7) is 11.5. The van der Waals surface area contributed by atoms with Crippen molar-refractivity contribution in [1.82, 2.24) is 4.90 Å². The molecule has 0 aromatic heterocycles. The summed E-state index contributed by atoms with van der Waals surface area (Å²) in [6.07, 6.45) is 4.03. The lowest BCUT2D eigenvalue weighted by atomic mass is 10.1. The van der Waals surface area contributed by atoms with Crippen LogP contribution in [0.2, 0.25) is 6.04 Å². The fourth-order valence-electron chi connectivity index (χ4n) is 2.48. The molecule has 1 saturated heterocycles. The van der Waals surface area contributed by atoms with Crippen LogP contribution in [0.3, 0.4) is 0 Å². The van der Waals surface area contributed by atoms with Crippen LogP contribution >= 0.6 is 0 Å². The van der Waals surface area contributed by atoms with Crippen LogP contribution in [0.15, 0.2) is 0 Å². The Morgan fingerprint density at radius 3 is 1.78 bits per heavy atom. The zero-order chi connectivity index (χ0) is 13.3. The van der Waals surface area contributed by atoms with Gasteiger partial charge in [-0.15, -0.1) is 0 Å². The van der Waals surface area contributed by atoms with Crippen LogP contribution in [0.1, 0.15) is 40.0 Å². The minimum absolute atomic E-state index is 0.673. The van der Waals surface area contributed by atoms with Crippen molar-refractivity contribution in [2.45, 2.75) is 46.1 Å². The highest BCUT2D eigenvalue weighted by Gasteiger charge is 2.40. The second-order valence-electron chi connectivity index (χ2n) is 4.63. The van der Waals surface area contributed by atoms with Crippen molar-refractivity contribution in [2.75, 3.05) is 39.5 Å². The lowest BCUT2D eigenvalue weighted by Gasteiger charge is -2.32. The first kappa shape index (κ1) is 16.1. The van der Waals surface area contributed by atoms with Crippen LogP contribution in [-0.4, -0.2) is 53.2 Å². The Morgan fingerprint density at radius 1 is 0.833 bits per heavy atom. The molecule has 0 aromatic carbocycles. The van der Waals surface area contributed by atoms with E-state index in [0.29, 0.717) is 19.8 Å². The van der Waals surface area contributed by atoms with Crippen LogP contribution in [0.5, 0.6) is 0 Å². The number of rotatable bonds is 9. The molecule has 5 heteroatoms. The first-order valence-electron chi connectivity index (χ1n) is 7.40. The highest BCUT2D eigenvalue weighted by molar-refractivity contribution is 6.60. The summed E-state index contributed by atoms with van der Waals surface area (Å²) in [4.78, 5) is 2.52. The van der Waals surface area contributed by atoms with E-state index >= 15 is 0 Å². The maximum Gasteiger partial charge on any atom is 0.502 e. The van der Waals surface area contributed by atoms with E-state index < -0.39 is 8.80 Å². The van der Waals surface area contributed by atoms with Crippen LogP contribution in [0.25, 0.3) is 0 Å². The standard InChI is InChI=1S/C13H29NO3Si/c1-4-15-18(16-5-2,17-6-3)13-12-14-10-8-7-9-11-14/h4-13H2,1-3H3. The first-order chi connectivity index (χ1) is 8.76. The summed E-state index contributed by atoms with van der Waals surface area (Å²) in [5.41, 5.74) is 0. The molecule has 0 N–H and O–H groups in total. The van der Waals surface area contributed by atoms with Gasteiger partial charge in [0.15, 0.2) is 0 Å². The predicted molar refractivity (Wildman–Crippen MR) is 75.7 cm³/mol. The Kier molecular flexibility index (Phi) is 8.09. The summed E-state index contributed by atoms with van der Waals surface area (Å²) >= 11 is 0. The van der Waals surface area contributed by atoms with Crippen LogP contribution < -0.4 is 0 Å². The van der Waals surface area contributed by atoms with Gasteiger partial charge in [0, 0.05) is 32.4 Å². The zero-order valence-electron chi connectivity index (χ0n) is 12.2. The average molecular weight is 275 g/mol. The maximum atomic E-state index is 5.87. The topological polar surface area (TPSA) is 30.9 Å². The third-order valence-electron chi connectivity index (χ3n) is 3.28. The third kappa shape index (κ3) is 5.36. The average Bonchev–Trinajstić information content (AvgIpc) is 2.39. The van der Waals surface area contributed by atoms with Gasteiger partial charge in [-0.2, -0.15) is 0 Å². The van der Waals surface area contributed by atoms with E-state index in [2.05, 4.69) is 4.90 Å². The molecular formula is C13H29NO3Si. The molecule has 1 rings (SSSR count). The van der Waals surface area contributed by atoms with E-state index in [4.69, 9.17) is 13.3 Å². The minimum atomic E-state index is -2.42. The summed E-state index contributed by atoms with van der Waals surface area (Å²) in [6, 6.07) is 0.919. The maximum absolute atomic E-state index is 5.87. The van der Waals surface area contributed by atoms with Crippen LogP contribution in [0, 0.1) is 0 Å². The van der Waals surface area contributed by atoms with Crippen molar-refractivity contribution in [3.05, 3.63) is 0 Å². The molecule has 1 aliphatic rings. The summed E-state index contributed by atoms with van der Waals surface area (Å²) < 4.78 is 17.6. The molecule has 0 radical (unpaired) electrons.